The lowest BCUT2D eigenvalue weighted by molar-refractivity contribution is -0.136. The molecule has 5 heteroatoms. The summed E-state index contributed by atoms with van der Waals surface area (Å²) in [5.41, 5.74) is 2.05. The van der Waals surface area contributed by atoms with E-state index in [1.807, 2.05) is 66.7 Å². The maximum absolute atomic E-state index is 13.2. The van der Waals surface area contributed by atoms with Gasteiger partial charge in [-0.3, -0.25) is 14.5 Å². The molecule has 1 N–H and O–H groups in total. The van der Waals surface area contributed by atoms with Crippen molar-refractivity contribution in [2.75, 3.05) is 18.5 Å². The molecule has 4 rings (SSSR count). The van der Waals surface area contributed by atoms with Crippen LogP contribution >= 0.6 is 0 Å². The molecule has 0 aromatic heterocycles. The summed E-state index contributed by atoms with van der Waals surface area (Å²) in [4.78, 5) is 27.6. The van der Waals surface area contributed by atoms with Gasteiger partial charge in [0.2, 0.25) is 0 Å². The van der Waals surface area contributed by atoms with Crippen LogP contribution in [-0.4, -0.2) is 29.9 Å². The second kappa shape index (κ2) is 9.10. The van der Waals surface area contributed by atoms with Crippen LogP contribution in [-0.2, 0) is 9.59 Å². The van der Waals surface area contributed by atoms with Crippen molar-refractivity contribution < 1.29 is 14.3 Å². The third kappa shape index (κ3) is 4.14. The number of hydrogen-bond donors (Lipinski definition) is 1. The first-order valence-corrected chi connectivity index (χ1v) is 10.7. The van der Waals surface area contributed by atoms with Crippen molar-refractivity contribution >= 4 is 33.8 Å². The van der Waals surface area contributed by atoms with Crippen molar-refractivity contribution in [3.8, 4) is 5.75 Å². The SMILES string of the molecule is C=CCN1C(=O)C(Nc2cccc3ccccc23)=C(c2ccc(OCC(C)C)cc2)C1=O. The fourth-order valence-corrected chi connectivity index (χ4v) is 3.70. The lowest BCUT2D eigenvalue weighted by atomic mass is 10.0. The molecule has 0 aliphatic carbocycles. The van der Waals surface area contributed by atoms with Crippen LogP contribution in [0.5, 0.6) is 5.75 Å². The highest BCUT2D eigenvalue weighted by atomic mass is 16.5. The number of carbonyl (C=O) groups excluding carboxylic acids is 2. The predicted octanol–water partition coefficient (Wildman–Crippen LogP) is 5.25. The number of imide groups is 1. The summed E-state index contributed by atoms with van der Waals surface area (Å²) in [5, 5.41) is 5.28. The zero-order valence-corrected chi connectivity index (χ0v) is 18.3. The third-order valence-electron chi connectivity index (χ3n) is 5.26. The monoisotopic (exact) mass is 426 g/mol. The molecule has 3 aromatic rings. The maximum atomic E-state index is 13.2. The fraction of sp³-hybridized carbons (Fsp3) is 0.185. The van der Waals surface area contributed by atoms with Crippen molar-refractivity contribution in [3.63, 3.8) is 0 Å². The van der Waals surface area contributed by atoms with Crippen LogP contribution in [0, 0.1) is 5.92 Å². The minimum absolute atomic E-state index is 0.150. The number of nitrogens with zero attached hydrogens (tertiary/aromatic N) is 1. The van der Waals surface area contributed by atoms with Crippen molar-refractivity contribution in [2.24, 2.45) is 5.92 Å². The number of fused-ring (bicyclic) bond motifs is 1. The molecule has 3 aromatic carbocycles. The van der Waals surface area contributed by atoms with Gasteiger partial charge in [-0.15, -0.1) is 6.58 Å². The Morgan fingerprint density at radius 1 is 0.969 bits per heavy atom. The number of hydrogen-bond acceptors (Lipinski definition) is 4. The van der Waals surface area contributed by atoms with E-state index >= 15 is 0 Å². The molecule has 2 amide bonds. The van der Waals surface area contributed by atoms with E-state index in [9.17, 15) is 9.59 Å². The van der Waals surface area contributed by atoms with Gasteiger partial charge in [0.1, 0.15) is 11.4 Å². The molecule has 1 aliphatic rings. The second-order valence-corrected chi connectivity index (χ2v) is 8.14. The van der Waals surface area contributed by atoms with E-state index in [2.05, 4.69) is 25.7 Å². The standard InChI is InChI=1S/C27H26N2O3/c1-4-16-29-26(30)24(20-12-14-21(15-13-20)32-17-18(2)3)25(27(29)31)28-23-11-7-9-19-8-5-6-10-22(19)23/h4-15,18,28H,1,16-17H2,2-3H3. The van der Waals surface area contributed by atoms with Gasteiger partial charge in [-0.25, -0.2) is 0 Å². The van der Waals surface area contributed by atoms with Crippen LogP contribution in [0.15, 0.2) is 85.1 Å². The Balaban J connectivity index is 1.75. The van der Waals surface area contributed by atoms with E-state index in [4.69, 9.17) is 4.74 Å². The molecule has 5 nitrogen and oxygen atoms in total. The highest BCUT2D eigenvalue weighted by molar-refractivity contribution is 6.36. The molecule has 0 spiro atoms. The number of rotatable bonds is 8. The van der Waals surface area contributed by atoms with Crippen LogP contribution in [0.3, 0.4) is 0 Å². The summed E-state index contributed by atoms with van der Waals surface area (Å²) in [6, 6.07) is 21.0. The molecular weight excluding hydrogens is 400 g/mol. The van der Waals surface area contributed by atoms with E-state index in [0.29, 0.717) is 23.7 Å². The number of benzene rings is 3. The van der Waals surface area contributed by atoms with Crippen LogP contribution < -0.4 is 10.1 Å². The van der Waals surface area contributed by atoms with E-state index in [1.165, 1.54) is 4.90 Å². The fourth-order valence-electron chi connectivity index (χ4n) is 3.70. The summed E-state index contributed by atoms with van der Waals surface area (Å²) in [5.74, 6) is 0.438. The molecule has 32 heavy (non-hydrogen) atoms. The quantitative estimate of drug-likeness (QED) is 0.395. The smallest absolute Gasteiger partial charge is 0.278 e. The summed E-state index contributed by atoms with van der Waals surface area (Å²) in [7, 11) is 0. The molecule has 162 valence electrons. The predicted molar refractivity (Wildman–Crippen MR) is 128 cm³/mol. The number of amides is 2. The first-order chi connectivity index (χ1) is 15.5. The molecule has 0 atom stereocenters. The van der Waals surface area contributed by atoms with E-state index in [-0.39, 0.29) is 24.1 Å². The van der Waals surface area contributed by atoms with Gasteiger partial charge in [0, 0.05) is 17.6 Å². The Bertz CT molecular complexity index is 1200. The molecule has 0 bridgehead atoms. The summed E-state index contributed by atoms with van der Waals surface area (Å²) in [6.45, 7) is 8.62. The van der Waals surface area contributed by atoms with Crippen molar-refractivity contribution in [3.05, 3.63) is 90.6 Å². The van der Waals surface area contributed by atoms with E-state index in [0.717, 1.165) is 22.2 Å². The lowest BCUT2D eigenvalue weighted by Crippen LogP contribution is -2.32. The third-order valence-corrected chi connectivity index (χ3v) is 5.26. The maximum Gasteiger partial charge on any atom is 0.278 e. The molecule has 0 unspecified atom stereocenters. The molecule has 1 aliphatic heterocycles. The Hall–Kier alpha value is -3.86. The number of ether oxygens (including phenoxy) is 1. The Labute approximate surface area is 188 Å². The summed E-state index contributed by atoms with van der Waals surface area (Å²) < 4.78 is 5.76. The first kappa shape index (κ1) is 21.4. The van der Waals surface area contributed by atoms with Crippen molar-refractivity contribution in [1.29, 1.82) is 0 Å². The Morgan fingerprint density at radius 3 is 2.41 bits per heavy atom. The topological polar surface area (TPSA) is 58.6 Å². The van der Waals surface area contributed by atoms with Crippen molar-refractivity contribution in [2.45, 2.75) is 13.8 Å². The minimum Gasteiger partial charge on any atom is -0.493 e. The van der Waals surface area contributed by atoms with Crippen LogP contribution in [0.4, 0.5) is 5.69 Å². The Kier molecular flexibility index (Phi) is 6.08. The summed E-state index contributed by atoms with van der Waals surface area (Å²) >= 11 is 0. The van der Waals surface area contributed by atoms with Crippen molar-refractivity contribution in [1.82, 2.24) is 4.90 Å². The largest absolute Gasteiger partial charge is 0.493 e. The highest BCUT2D eigenvalue weighted by Gasteiger charge is 2.38. The number of nitrogens with one attached hydrogen (secondary N) is 1. The zero-order valence-electron chi connectivity index (χ0n) is 18.3. The van der Waals surface area contributed by atoms with E-state index < -0.39 is 0 Å². The van der Waals surface area contributed by atoms with Crippen LogP contribution in [0.25, 0.3) is 16.3 Å². The van der Waals surface area contributed by atoms with Gasteiger partial charge >= 0.3 is 0 Å². The minimum atomic E-state index is -0.363. The van der Waals surface area contributed by atoms with Gasteiger partial charge in [-0.2, -0.15) is 0 Å². The van der Waals surface area contributed by atoms with Gasteiger partial charge < -0.3 is 10.1 Å². The molecule has 0 radical (unpaired) electrons. The molecule has 1 heterocycles. The van der Waals surface area contributed by atoms with Crippen LogP contribution in [0.1, 0.15) is 19.4 Å². The molecule has 0 saturated heterocycles. The molecule has 0 fully saturated rings. The van der Waals surface area contributed by atoms with Gasteiger partial charge in [0.25, 0.3) is 11.8 Å². The number of carbonyl (C=O) groups is 2. The van der Waals surface area contributed by atoms with Gasteiger partial charge in [-0.1, -0.05) is 68.5 Å². The molecular formula is C27H26N2O3. The van der Waals surface area contributed by atoms with E-state index in [1.54, 1.807) is 6.08 Å². The highest BCUT2D eigenvalue weighted by Crippen LogP contribution is 2.33. The first-order valence-electron chi connectivity index (χ1n) is 10.7. The zero-order chi connectivity index (χ0) is 22.7. The van der Waals surface area contributed by atoms with Gasteiger partial charge in [-0.05, 0) is 35.1 Å². The average molecular weight is 427 g/mol. The molecule has 0 saturated carbocycles. The number of anilines is 1. The summed E-state index contributed by atoms with van der Waals surface area (Å²) in [6.07, 6.45) is 1.55. The second-order valence-electron chi connectivity index (χ2n) is 8.14. The average Bonchev–Trinajstić information content (AvgIpc) is 3.03. The lowest BCUT2D eigenvalue weighted by Gasteiger charge is -2.13. The van der Waals surface area contributed by atoms with Gasteiger partial charge in [0.05, 0.1) is 12.2 Å². The normalized spacial score (nSPS) is 13.9. The van der Waals surface area contributed by atoms with Crippen LogP contribution in [0.2, 0.25) is 0 Å². The van der Waals surface area contributed by atoms with Gasteiger partial charge in [0.15, 0.2) is 0 Å². The Morgan fingerprint density at radius 2 is 1.69 bits per heavy atom.